The van der Waals surface area contributed by atoms with Crippen LogP contribution < -0.4 is 4.74 Å². The van der Waals surface area contributed by atoms with Crippen LogP contribution in [0, 0.1) is 74.0 Å². The standard InChI is InChI=1S/C71H119IO14SSi2/c1-25-56(35-37-72)29-32-59-51(9)61(41-71(83-59)36-34-45(3)60(84-71)40-50(8)85-88(21,22)69(14,15)16)82-62(73)33-26-46(4)66(86-89(23,24)70(17,18)19)54(12)64(75)52(10)65(76)55(13)67(80-43-57-27-30-58(79-20)31-28-57)53(11)63(74)49(7)42-81-87(77,78)68-47(5)38-44(2)39-48(68)6/h26-28,30-31,33,35,37-39,45-46,49-56,59-61,63,65-67,74,76H,25,29,32,34,36,40-43H2,1-24H3/b33-26+,37-35+/t45-,46-,49+,50+,51+,52-,53-,54+,55-,56+,59-,60-,61-,63-,65+,66+,67+,71-/m0/s1. The zero-order valence-electron chi connectivity index (χ0n) is 59.0. The van der Waals surface area contributed by atoms with Gasteiger partial charge in [0.25, 0.3) is 10.1 Å². The summed E-state index contributed by atoms with van der Waals surface area (Å²) in [5, 5.41) is 24.3. The molecule has 2 fully saturated rings. The van der Waals surface area contributed by atoms with Crippen LogP contribution in [0.1, 0.15) is 178 Å². The van der Waals surface area contributed by atoms with Crippen molar-refractivity contribution in [2.24, 2.45) is 53.3 Å². The summed E-state index contributed by atoms with van der Waals surface area (Å²) in [6.07, 6.45) is 6.34. The molecule has 0 unspecified atom stereocenters. The maximum Gasteiger partial charge on any atom is 0.330 e. The maximum atomic E-state index is 15.1. The summed E-state index contributed by atoms with van der Waals surface area (Å²) in [6, 6.07) is 11.0. The van der Waals surface area contributed by atoms with Crippen LogP contribution in [0.2, 0.25) is 36.3 Å². The second-order valence-electron chi connectivity index (χ2n) is 30.1. The highest BCUT2D eigenvalue weighted by molar-refractivity contribution is 14.1. The SMILES string of the molecule is CC[C@@H](/C=C/I)CC[C@@H]1O[C@]2(CC[C@H](C)[C@H](C[C@@H](C)O[Si](C)(C)C(C)(C)C)O2)C[C@H](OC(=O)/C=C/[C@H](C)[C@@H](O[Si](C)(C)C(C)(C)C)[C@H](C)C(=O)[C@H](C)[C@@H](O)[C@H](C)[C@H](OCc2ccc(OC)cc2)[C@@H](C)[C@@H](O)[C@H](C)COS(=O)(=O)c2c(C)cc(C)cc2C)[C@@H]1C. The Morgan fingerprint density at radius 3 is 1.92 bits per heavy atom. The van der Waals surface area contributed by atoms with Crippen LogP contribution >= 0.6 is 22.6 Å². The van der Waals surface area contributed by atoms with Crippen molar-refractivity contribution >= 4 is 61.1 Å². The number of esters is 1. The number of hydrogen-bond donors (Lipinski definition) is 2. The number of ether oxygens (including phenoxy) is 5. The highest BCUT2D eigenvalue weighted by atomic mass is 127. The molecule has 2 aromatic rings. The van der Waals surface area contributed by atoms with Crippen LogP contribution in [-0.2, 0) is 58.3 Å². The molecule has 0 saturated carbocycles. The minimum atomic E-state index is -4.18. The molecule has 0 bridgehead atoms. The summed E-state index contributed by atoms with van der Waals surface area (Å²) in [4.78, 5) is 29.6. The van der Waals surface area contributed by atoms with Gasteiger partial charge in [0, 0.05) is 66.4 Å². The number of ketones is 1. The van der Waals surface area contributed by atoms with Gasteiger partial charge in [0.2, 0.25) is 0 Å². The zero-order valence-corrected chi connectivity index (χ0v) is 64.0. The van der Waals surface area contributed by atoms with Crippen molar-refractivity contribution in [1.29, 1.82) is 0 Å². The molecule has 0 amide bonds. The topological polar surface area (TPSA) is 183 Å². The number of hydrogen-bond acceptors (Lipinski definition) is 14. The zero-order chi connectivity index (χ0) is 67.5. The quantitative estimate of drug-likeness (QED) is 0.0232. The van der Waals surface area contributed by atoms with Gasteiger partial charge in [-0.2, -0.15) is 8.42 Å². The van der Waals surface area contributed by atoms with Gasteiger partial charge in [-0.1, -0.05) is 168 Å². The lowest BCUT2D eigenvalue weighted by atomic mass is 9.76. The number of rotatable bonds is 32. The molecule has 0 radical (unpaired) electrons. The van der Waals surface area contributed by atoms with Crippen molar-refractivity contribution in [2.45, 2.75) is 279 Å². The average molecular weight is 1410 g/mol. The first-order valence-electron chi connectivity index (χ1n) is 33.0. The molecule has 89 heavy (non-hydrogen) atoms. The lowest BCUT2D eigenvalue weighted by Crippen LogP contribution is -2.57. The van der Waals surface area contributed by atoms with Crippen LogP contribution in [0.25, 0.3) is 0 Å². The van der Waals surface area contributed by atoms with Crippen LogP contribution in [0.4, 0.5) is 0 Å². The van der Waals surface area contributed by atoms with Crippen molar-refractivity contribution in [3.8, 4) is 5.75 Å². The summed E-state index contributed by atoms with van der Waals surface area (Å²) in [5.74, 6) is -4.56. The number of halogens is 1. The lowest BCUT2D eigenvalue weighted by molar-refractivity contribution is -0.347. The van der Waals surface area contributed by atoms with E-state index in [1.165, 1.54) is 6.08 Å². The number of carbonyl (C=O) groups excluding carboxylic acids is 2. The van der Waals surface area contributed by atoms with Gasteiger partial charge in [-0.25, -0.2) is 4.79 Å². The third-order valence-electron chi connectivity index (χ3n) is 20.7. The summed E-state index contributed by atoms with van der Waals surface area (Å²) in [5.41, 5.74) is 2.91. The molecule has 2 aliphatic rings. The van der Waals surface area contributed by atoms with Gasteiger partial charge in [-0.05, 0) is 141 Å². The Labute approximate surface area is 555 Å². The first-order chi connectivity index (χ1) is 41.1. The Morgan fingerprint density at radius 1 is 0.809 bits per heavy atom. The molecule has 14 nitrogen and oxygen atoms in total. The van der Waals surface area contributed by atoms with Crippen molar-refractivity contribution in [2.75, 3.05) is 13.7 Å². The van der Waals surface area contributed by atoms with Crippen molar-refractivity contribution < 1.29 is 64.9 Å². The Kier molecular flexibility index (Phi) is 29.6. The lowest BCUT2D eigenvalue weighted by Gasteiger charge is -2.52. The number of methoxy groups -OCH3 is 1. The Morgan fingerprint density at radius 2 is 1.37 bits per heavy atom. The summed E-state index contributed by atoms with van der Waals surface area (Å²) >= 11 is 2.29. The molecule has 508 valence electrons. The summed E-state index contributed by atoms with van der Waals surface area (Å²) < 4.78 is 82.0. The minimum absolute atomic E-state index is 0.00278. The predicted molar refractivity (Wildman–Crippen MR) is 372 cm³/mol. The van der Waals surface area contributed by atoms with E-state index in [-0.39, 0.29) is 58.2 Å². The van der Waals surface area contributed by atoms with Gasteiger partial charge in [-0.3, -0.25) is 8.98 Å². The molecular weight excluding hydrogens is 1290 g/mol. The van der Waals surface area contributed by atoms with Crippen LogP contribution in [0.15, 0.2) is 63.6 Å². The molecule has 2 N–H and O–H groups in total. The van der Waals surface area contributed by atoms with E-state index in [1.807, 2.05) is 58.9 Å². The first-order valence-corrected chi connectivity index (χ1v) is 41.5. The number of benzene rings is 2. The van der Waals surface area contributed by atoms with Crippen molar-refractivity contribution in [3.63, 3.8) is 0 Å². The Bertz CT molecular complexity index is 2720. The van der Waals surface area contributed by atoms with E-state index in [9.17, 15) is 23.4 Å². The molecule has 2 heterocycles. The Balaban J connectivity index is 1.62. The average Bonchev–Trinajstić information content (AvgIpc) is 1.61. The second kappa shape index (κ2) is 33.4. The van der Waals surface area contributed by atoms with Crippen molar-refractivity contribution in [1.82, 2.24) is 0 Å². The van der Waals surface area contributed by atoms with E-state index in [0.29, 0.717) is 41.6 Å². The molecule has 18 atom stereocenters. The number of aryl methyl sites for hydroxylation is 3. The second-order valence-corrected chi connectivity index (χ2v) is 41.9. The third-order valence-corrected chi connectivity index (χ3v) is 31.8. The molecule has 2 saturated heterocycles. The molecule has 2 aliphatic heterocycles. The predicted octanol–water partition coefficient (Wildman–Crippen LogP) is 16.4. The van der Waals surface area contributed by atoms with Gasteiger partial charge >= 0.3 is 5.97 Å². The fourth-order valence-electron chi connectivity index (χ4n) is 12.6. The van der Waals surface area contributed by atoms with E-state index in [0.717, 1.165) is 43.2 Å². The molecule has 4 rings (SSSR count). The number of aliphatic hydroxyl groups excluding tert-OH is 2. The first kappa shape index (κ1) is 79.1. The summed E-state index contributed by atoms with van der Waals surface area (Å²) in [6.45, 7) is 46.9. The van der Waals surface area contributed by atoms with E-state index in [2.05, 4.69) is 128 Å². The fraction of sp³-hybridized carbons (Fsp3) is 0.746. The van der Waals surface area contributed by atoms with Gasteiger partial charge in [0.15, 0.2) is 22.4 Å². The maximum absolute atomic E-state index is 15.1. The fourth-order valence-corrected chi connectivity index (χ4v) is 17.6. The Hall–Kier alpha value is -2.35. The van der Waals surface area contributed by atoms with Crippen molar-refractivity contribution in [3.05, 3.63) is 81.0 Å². The van der Waals surface area contributed by atoms with Crippen LogP contribution in [0.5, 0.6) is 5.75 Å². The van der Waals surface area contributed by atoms with Crippen LogP contribution in [-0.4, -0.2) is 115 Å². The monoisotopic (exact) mass is 1410 g/mol. The van der Waals surface area contributed by atoms with E-state index in [1.54, 1.807) is 53.0 Å². The van der Waals surface area contributed by atoms with E-state index in [4.69, 9.17) is 36.7 Å². The highest BCUT2D eigenvalue weighted by Crippen LogP contribution is 2.47. The molecule has 18 heteroatoms. The molecular formula is C71H119IO14SSi2. The molecule has 0 aromatic heterocycles. The summed E-state index contributed by atoms with van der Waals surface area (Å²) in [7, 11) is -7.20. The smallest absolute Gasteiger partial charge is 0.330 e. The van der Waals surface area contributed by atoms with Gasteiger partial charge in [0.1, 0.15) is 17.6 Å². The number of carbonyl (C=O) groups is 2. The van der Waals surface area contributed by atoms with Crippen LogP contribution in [0.3, 0.4) is 0 Å². The van der Waals surface area contributed by atoms with Gasteiger partial charge in [-0.15, -0.1) is 0 Å². The van der Waals surface area contributed by atoms with E-state index < -0.39 is 105 Å². The molecule has 0 aliphatic carbocycles. The normalized spacial score (nSPS) is 25.0. The van der Waals surface area contributed by atoms with E-state index >= 15 is 4.79 Å². The molecule has 2 aromatic carbocycles. The minimum Gasteiger partial charge on any atom is -0.497 e. The number of allylic oxidation sites excluding steroid dienone is 1. The third kappa shape index (κ3) is 21.6. The molecule has 1 spiro atoms. The van der Waals surface area contributed by atoms with Gasteiger partial charge in [0.05, 0.1) is 61.8 Å². The van der Waals surface area contributed by atoms with Gasteiger partial charge < -0.3 is 42.7 Å². The highest BCUT2D eigenvalue weighted by Gasteiger charge is 2.52. The number of Topliss-reactive ketones (excluding diaryl/α,β-unsaturated/α-hetero) is 1. The number of aliphatic hydroxyl groups is 2. The largest absolute Gasteiger partial charge is 0.497 e.